The topological polar surface area (TPSA) is 73.6 Å². The maximum Gasteiger partial charge on any atom is 0.234 e. The number of oxazole rings is 1. The second kappa shape index (κ2) is 10.6. The number of carbonyl (C=O) groups is 1. The Morgan fingerprint density at radius 3 is 2.66 bits per heavy atom. The molecular formula is C22H24N2O4S. The smallest absolute Gasteiger partial charge is 0.234 e. The molecule has 2 aromatic carbocycles. The summed E-state index contributed by atoms with van der Waals surface area (Å²) in [4.78, 5) is 16.9. The SMILES string of the molecule is CCOc1ccc(OCC)c(NC(=O)CSCc2coc(-c3ccccc3)n2)c1. The summed E-state index contributed by atoms with van der Waals surface area (Å²) < 4.78 is 16.6. The summed E-state index contributed by atoms with van der Waals surface area (Å²) in [6.45, 7) is 4.89. The van der Waals surface area contributed by atoms with Crippen LogP contribution < -0.4 is 14.8 Å². The van der Waals surface area contributed by atoms with Crippen LogP contribution in [0.15, 0.2) is 59.2 Å². The Hall–Kier alpha value is -2.93. The van der Waals surface area contributed by atoms with Gasteiger partial charge in [0.1, 0.15) is 17.8 Å². The minimum atomic E-state index is -0.114. The molecular weight excluding hydrogens is 388 g/mol. The maximum atomic E-state index is 12.4. The Balaban J connectivity index is 1.54. The lowest BCUT2D eigenvalue weighted by Crippen LogP contribution is -2.15. The normalized spacial score (nSPS) is 10.6. The number of nitrogens with one attached hydrogen (secondary N) is 1. The maximum absolute atomic E-state index is 12.4. The van der Waals surface area contributed by atoms with Crippen molar-refractivity contribution in [3.05, 3.63) is 60.5 Å². The summed E-state index contributed by atoms with van der Waals surface area (Å²) in [6, 6.07) is 15.1. The van der Waals surface area contributed by atoms with Gasteiger partial charge < -0.3 is 19.2 Å². The molecule has 0 fully saturated rings. The Bertz CT molecular complexity index is 928. The molecule has 152 valence electrons. The van der Waals surface area contributed by atoms with Crippen LogP contribution in [-0.2, 0) is 10.5 Å². The fraction of sp³-hybridized carbons (Fsp3) is 0.273. The highest BCUT2D eigenvalue weighted by molar-refractivity contribution is 7.99. The van der Waals surface area contributed by atoms with E-state index < -0.39 is 0 Å². The van der Waals surface area contributed by atoms with Gasteiger partial charge in [-0.05, 0) is 38.1 Å². The number of hydrogen-bond acceptors (Lipinski definition) is 6. The summed E-state index contributed by atoms with van der Waals surface area (Å²) in [6.07, 6.45) is 1.63. The quantitative estimate of drug-likeness (QED) is 0.505. The minimum absolute atomic E-state index is 0.114. The summed E-state index contributed by atoms with van der Waals surface area (Å²) in [7, 11) is 0. The van der Waals surface area contributed by atoms with Crippen LogP contribution in [0, 0.1) is 0 Å². The van der Waals surface area contributed by atoms with Gasteiger partial charge in [0.05, 0.1) is 30.3 Å². The molecule has 0 saturated heterocycles. The van der Waals surface area contributed by atoms with E-state index in [0.29, 0.717) is 42.0 Å². The van der Waals surface area contributed by atoms with E-state index in [2.05, 4.69) is 10.3 Å². The zero-order valence-corrected chi connectivity index (χ0v) is 17.3. The van der Waals surface area contributed by atoms with Crippen molar-refractivity contribution in [2.24, 2.45) is 0 Å². The highest BCUT2D eigenvalue weighted by atomic mass is 32.2. The van der Waals surface area contributed by atoms with Crippen molar-refractivity contribution in [2.75, 3.05) is 24.3 Å². The van der Waals surface area contributed by atoms with Gasteiger partial charge in [-0.25, -0.2) is 4.98 Å². The van der Waals surface area contributed by atoms with Crippen molar-refractivity contribution in [1.82, 2.24) is 4.98 Å². The van der Waals surface area contributed by atoms with Gasteiger partial charge in [0.2, 0.25) is 11.8 Å². The highest BCUT2D eigenvalue weighted by Crippen LogP contribution is 2.30. The standard InChI is InChI=1S/C22H24N2O4S/c1-3-26-18-10-11-20(27-4-2)19(12-18)24-21(25)15-29-14-17-13-28-22(23-17)16-8-6-5-7-9-16/h5-13H,3-4,14-15H2,1-2H3,(H,24,25). The fourth-order valence-electron chi connectivity index (χ4n) is 2.67. The van der Waals surface area contributed by atoms with Crippen LogP contribution in [0.25, 0.3) is 11.5 Å². The molecule has 0 aliphatic rings. The van der Waals surface area contributed by atoms with Crippen LogP contribution in [0.3, 0.4) is 0 Å². The van der Waals surface area contributed by atoms with Gasteiger partial charge in [-0.1, -0.05) is 18.2 Å². The highest BCUT2D eigenvalue weighted by Gasteiger charge is 2.11. The lowest BCUT2D eigenvalue weighted by Gasteiger charge is -2.13. The van der Waals surface area contributed by atoms with E-state index in [4.69, 9.17) is 13.9 Å². The molecule has 0 atom stereocenters. The van der Waals surface area contributed by atoms with E-state index in [1.165, 1.54) is 11.8 Å². The molecule has 7 heteroatoms. The Kier molecular flexibility index (Phi) is 7.58. The van der Waals surface area contributed by atoms with Crippen molar-refractivity contribution in [3.8, 4) is 23.0 Å². The van der Waals surface area contributed by atoms with Crippen LogP contribution >= 0.6 is 11.8 Å². The third-order valence-electron chi connectivity index (χ3n) is 3.89. The average Bonchev–Trinajstić information content (AvgIpc) is 3.20. The number of carbonyl (C=O) groups excluding carboxylic acids is 1. The number of ether oxygens (including phenoxy) is 2. The molecule has 0 radical (unpaired) electrons. The molecule has 0 aliphatic heterocycles. The van der Waals surface area contributed by atoms with Crippen LogP contribution in [-0.4, -0.2) is 29.9 Å². The Morgan fingerprint density at radius 1 is 1.10 bits per heavy atom. The van der Waals surface area contributed by atoms with E-state index >= 15 is 0 Å². The molecule has 6 nitrogen and oxygen atoms in total. The summed E-state index contributed by atoms with van der Waals surface area (Å²) in [5, 5.41) is 2.90. The molecule has 0 spiro atoms. The zero-order chi connectivity index (χ0) is 20.5. The first-order valence-corrected chi connectivity index (χ1v) is 10.6. The Labute approximate surface area is 174 Å². The number of rotatable bonds is 10. The third-order valence-corrected chi connectivity index (χ3v) is 4.86. The molecule has 29 heavy (non-hydrogen) atoms. The summed E-state index contributed by atoms with van der Waals surface area (Å²) in [5.74, 6) is 2.66. The first kappa shape index (κ1) is 20.8. The van der Waals surface area contributed by atoms with Crippen molar-refractivity contribution in [1.29, 1.82) is 0 Å². The first-order valence-electron chi connectivity index (χ1n) is 9.46. The third kappa shape index (κ3) is 6.02. The molecule has 3 rings (SSSR count). The van der Waals surface area contributed by atoms with Crippen molar-refractivity contribution in [3.63, 3.8) is 0 Å². The van der Waals surface area contributed by atoms with Gasteiger partial charge in [-0.2, -0.15) is 0 Å². The van der Waals surface area contributed by atoms with Gasteiger partial charge in [-0.3, -0.25) is 4.79 Å². The number of benzene rings is 2. The van der Waals surface area contributed by atoms with Crippen molar-refractivity contribution in [2.45, 2.75) is 19.6 Å². The average molecular weight is 413 g/mol. The van der Waals surface area contributed by atoms with Gasteiger partial charge in [0.15, 0.2) is 0 Å². The van der Waals surface area contributed by atoms with Gasteiger partial charge >= 0.3 is 0 Å². The monoisotopic (exact) mass is 412 g/mol. The molecule has 3 aromatic rings. The van der Waals surface area contributed by atoms with Crippen LogP contribution in [0.2, 0.25) is 0 Å². The van der Waals surface area contributed by atoms with E-state index in [9.17, 15) is 4.79 Å². The van der Waals surface area contributed by atoms with Gasteiger partial charge in [0, 0.05) is 17.4 Å². The zero-order valence-electron chi connectivity index (χ0n) is 16.5. The van der Waals surface area contributed by atoms with E-state index in [-0.39, 0.29) is 11.7 Å². The largest absolute Gasteiger partial charge is 0.494 e. The second-order valence-electron chi connectivity index (χ2n) is 6.07. The summed E-state index contributed by atoms with van der Waals surface area (Å²) >= 11 is 1.47. The molecule has 0 aliphatic carbocycles. The van der Waals surface area contributed by atoms with E-state index in [0.717, 1.165) is 11.3 Å². The van der Waals surface area contributed by atoms with E-state index in [1.54, 1.807) is 18.4 Å². The van der Waals surface area contributed by atoms with Crippen molar-refractivity contribution < 1.29 is 18.7 Å². The van der Waals surface area contributed by atoms with Crippen LogP contribution in [0.5, 0.6) is 11.5 Å². The lowest BCUT2D eigenvalue weighted by molar-refractivity contribution is -0.113. The summed E-state index contributed by atoms with van der Waals surface area (Å²) in [5.41, 5.74) is 2.34. The number of amides is 1. The predicted octanol–water partition coefficient (Wildman–Crippen LogP) is 5.01. The first-order chi connectivity index (χ1) is 14.2. The fourth-order valence-corrected chi connectivity index (χ4v) is 3.37. The second-order valence-corrected chi connectivity index (χ2v) is 7.06. The number of anilines is 1. The molecule has 1 N–H and O–H groups in total. The molecule has 0 bridgehead atoms. The van der Waals surface area contributed by atoms with Crippen LogP contribution in [0.1, 0.15) is 19.5 Å². The molecule has 0 unspecified atom stereocenters. The Morgan fingerprint density at radius 2 is 1.90 bits per heavy atom. The minimum Gasteiger partial charge on any atom is -0.494 e. The molecule has 1 heterocycles. The molecule has 1 aromatic heterocycles. The number of nitrogens with zero attached hydrogens (tertiary/aromatic N) is 1. The lowest BCUT2D eigenvalue weighted by atomic mass is 10.2. The molecule has 1 amide bonds. The number of aromatic nitrogens is 1. The van der Waals surface area contributed by atoms with E-state index in [1.807, 2.05) is 50.2 Å². The van der Waals surface area contributed by atoms with Gasteiger partial charge in [-0.15, -0.1) is 11.8 Å². The number of hydrogen-bond donors (Lipinski definition) is 1. The van der Waals surface area contributed by atoms with Gasteiger partial charge in [0.25, 0.3) is 0 Å². The predicted molar refractivity (Wildman–Crippen MR) is 116 cm³/mol. The number of thioether (sulfide) groups is 1. The van der Waals surface area contributed by atoms with Crippen LogP contribution in [0.4, 0.5) is 5.69 Å². The molecule has 0 saturated carbocycles. The van der Waals surface area contributed by atoms with Crippen molar-refractivity contribution >= 4 is 23.4 Å².